The van der Waals surface area contributed by atoms with Gasteiger partial charge in [0.15, 0.2) is 0 Å². The van der Waals surface area contributed by atoms with Gasteiger partial charge in [-0.2, -0.15) is 0 Å². The molecule has 2 aromatic carbocycles. The number of halogens is 1. The smallest absolute Gasteiger partial charge is 0.224 e. The zero-order chi connectivity index (χ0) is 18.6. The molecule has 0 atom stereocenters. The summed E-state index contributed by atoms with van der Waals surface area (Å²) in [5, 5.41) is 6.39. The first-order valence-corrected chi connectivity index (χ1v) is 9.73. The molecule has 0 bridgehead atoms. The highest BCUT2D eigenvalue weighted by Crippen LogP contribution is 2.25. The minimum Gasteiger partial charge on any atom is -0.327 e. The molecule has 1 fully saturated rings. The molecule has 28 heavy (non-hydrogen) atoms. The zero-order valence-corrected chi connectivity index (χ0v) is 17.0. The number of rotatable bonds is 5. The van der Waals surface area contributed by atoms with Gasteiger partial charge in [-0.05, 0) is 74.7 Å². The molecule has 4 rings (SSSR count). The van der Waals surface area contributed by atoms with E-state index in [-0.39, 0.29) is 18.3 Å². The molecule has 3 aromatic rings. The Kier molecular flexibility index (Phi) is 6.70. The normalized spacial score (nSPS) is 14.6. The predicted molar refractivity (Wildman–Crippen MR) is 117 cm³/mol. The van der Waals surface area contributed by atoms with Crippen LogP contribution < -0.4 is 10.6 Å². The van der Waals surface area contributed by atoms with Crippen LogP contribution in [0.25, 0.3) is 22.4 Å². The van der Waals surface area contributed by atoms with E-state index in [1.807, 2.05) is 49.5 Å². The van der Waals surface area contributed by atoms with Gasteiger partial charge in [0.05, 0.1) is 11.0 Å². The first-order chi connectivity index (χ1) is 13.2. The first kappa shape index (κ1) is 20.4. The summed E-state index contributed by atoms with van der Waals surface area (Å²) in [6.07, 6.45) is 3.93. The second-order valence-corrected chi connectivity index (χ2v) is 7.34. The number of carbonyl (C=O) groups excluding carboxylic acids is 1. The number of benzene rings is 2. The van der Waals surface area contributed by atoms with Crippen molar-refractivity contribution < 1.29 is 4.79 Å². The van der Waals surface area contributed by atoms with Crippen LogP contribution in [0.1, 0.15) is 25.7 Å². The molecular formula is C22H27ClN4O. The number of para-hydroxylation sites is 2. The van der Waals surface area contributed by atoms with E-state index in [1.54, 1.807) is 0 Å². The lowest BCUT2D eigenvalue weighted by atomic mass is 9.93. The molecule has 6 heteroatoms. The second kappa shape index (κ2) is 9.22. The van der Waals surface area contributed by atoms with Crippen molar-refractivity contribution in [1.29, 1.82) is 0 Å². The standard InChI is InChI=1S/C22H26N4O.ClH/c1-26-20-5-3-2-4-19(20)25-22(26)17-7-9-18(10-8-17)24-21(27)11-6-16-12-14-23-15-13-16;/h2-5,7-10,16,23H,6,11-15H2,1H3,(H,24,27);1H. The monoisotopic (exact) mass is 398 g/mol. The largest absolute Gasteiger partial charge is 0.327 e. The number of nitrogens with one attached hydrogen (secondary N) is 2. The van der Waals surface area contributed by atoms with Crippen molar-refractivity contribution in [2.75, 3.05) is 18.4 Å². The van der Waals surface area contributed by atoms with Gasteiger partial charge in [-0.15, -0.1) is 12.4 Å². The van der Waals surface area contributed by atoms with Crippen LogP contribution >= 0.6 is 12.4 Å². The highest BCUT2D eigenvalue weighted by Gasteiger charge is 2.15. The maximum Gasteiger partial charge on any atom is 0.224 e. The Bertz CT molecular complexity index is 929. The number of nitrogens with zero attached hydrogens (tertiary/aromatic N) is 2. The average Bonchev–Trinajstić information content (AvgIpc) is 3.05. The van der Waals surface area contributed by atoms with Crippen molar-refractivity contribution in [3.8, 4) is 11.4 Å². The minimum absolute atomic E-state index is 0. The molecule has 1 aromatic heterocycles. The number of hydrogen-bond donors (Lipinski definition) is 2. The van der Waals surface area contributed by atoms with E-state index in [1.165, 1.54) is 12.8 Å². The highest BCUT2D eigenvalue weighted by molar-refractivity contribution is 5.91. The number of anilines is 1. The van der Waals surface area contributed by atoms with Crippen LogP contribution in [0.2, 0.25) is 0 Å². The summed E-state index contributed by atoms with van der Waals surface area (Å²) in [6, 6.07) is 16.1. The number of hydrogen-bond acceptors (Lipinski definition) is 3. The maximum atomic E-state index is 12.2. The van der Waals surface area contributed by atoms with E-state index in [2.05, 4.69) is 21.3 Å². The van der Waals surface area contributed by atoms with Crippen LogP contribution in [0, 0.1) is 5.92 Å². The molecule has 0 unspecified atom stereocenters. The molecule has 5 nitrogen and oxygen atoms in total. The number of fused-ring (bicyclic) bond motifs is 1. The summed E-state index contributed by atoms with van der Waals surface area (Å²) in [4.78, 5) is 17.0. The maximum absolute atomic E-state index is 12.2. The van der Waals surface area contributed by atoms with Crippen molar-refractivity contribution in [3.05, 3.63) is 48.5 Å². The molecule has 1 aliphatic heterocycles. The van der Waals surface area contributed by atoms with Gasteiger partial charge in [-0.1, -0.05) is 12.1 Å². The van der Waals surface area contributed by atoms with Gasteiger partial charge in [0.1, 0.15) is 5.82 Å². The number of imidazole rings is 1. The second-order valence-electron chi connectivity index (χ2n) is 7.34. The minimum atomic E-state index is 0. The summed E-state index contributed by atoms with van der Waals surface area (Å²) in [6.45, 7) is 2.16. The van der Waals surface area contributed by atoms with Crippen LogP contribution in [0.5, 0.6) is 0 Å². The van der Waals surface area contributed by atoms with Crippen LogP contribution in [0.15, 0.2) is 48.5 Å². The summed E-state index contributed by atoms with van der Waals surface area (Å²) in [7, 11) is 2.03. The van der Waals surface area contributed by atoms with Crippen molar-refractivity contribution in [2.24, 2.45) is 13.0 Å². The molecule has 2 N–H and O–H groups in total. The average molecular weight is 399 g/mol. The van der Waals surface area contributed by atoms with E-state index in [0.717, 1.165) is 47.6 Å². The van der Waals surface area contributed by atoms with Gasteiger partial charge in [0.2, 0.25) is 5.91 Å². The lowest BCUT2D eigenvalue weighted by molar-refractivity contribution is -0.116. The van der Waals surface area contributed by atoms with Gasteiger partial charge < -0.3 is 15.2 Å². The molecule has 148 valence electrons. The van der Waals surface area contributed by atoms with Gasteiger partial charge in [0, 0.05) is 24.7 Å². The summed E-state index contributed by atoms with van der Waals surface area (Å²) >= 11 is 0. The van der Waals surface area contributed by atoms with Crippen LogP contribution in [-0.4, -0.2) is 28.5 Å². The molecule has 1 aliphatic rings. The number of aromatic nitrogens is 2. The van der Waals surface area contributed by atoms with E-state index in [4.69, 9.17) is 4.98 Å². The highest BCUT2D eigenvalue weighted by atomic mass is 35.5. The summed E-state index contributed by atoms with van der Waals surface area (Å²) in [5.74, 6) is 1.71. The van der Waals surface area contributed by atoms with E-state index >= 15 is 0 Å². The van der Waals surface area contributed by atoms with Gasteiger partial charge in [0.25, 0.3) is 0 Å². The summed E-state index contributed by atoms with van der Waals surface area (Å²) < 4.78 is 2.10. The Hall–Kier alpha value is -2.37. The number of carbonyl (C=O) groups is 1. The van der Waals surface area contributed by atoms with Gasteiger partial charge in [-0.3, -0.25) is 4.79 Å². The Morgan fingerprint density at radius 3 is 2.57 bits per heavy atom. The first-order valence-electron chi connectivity index (χ1n) is 9.73. The molecule has 1 saturated heterocycles. The Morgan fingerprint density at radius 1 is 1.14 bits per heavy atom. The molecule has 2 heterocycles. The molecule has 0 radical (unpaired) electrons. The molecule has 0 saturated carbocycles. The molecule has 0 aliphatic carbocycles. The number of amides is 1. The van der Waals surface area contributed by atoms with Crippen molar-refractivity contribution in [3.63, 3.8) is 0 Å². The van der Waals surface area contributed by atoms with Crippen molar-refractivity contribution >= 4 is 35.0 Å². The SMILES string of the molecule is Cl.Cn1c(-c2ccc(NC(=O)CCC3CCNCC3)cc2)nc2ccccc21. The van der Waals surface area contributed by atoms with E-state index in [9.17, 15) is 4.79 Å². The molecule has 0 spiro atoms. The van der Waals surface area contributed by atoms with Crippen LogP contribution in [-0.2, 0) is 11.8 Å². The van der Waals surface area contributed by atoms with Crippen molar-refractivity contribution in [1.82, 2.24) is 14.9 Å². The number of piperidine rings is 1. The fourth-order valence-electron chi connectivity index (χ4n) is 3.84. The van der Waals surface area contributed by atoms with E-state index in [0.29, 0.717) is 12.3 Å². The Labute approximate surface area is 172 Å². The fraction of sp³-hybridized carbons (Fsp3) is 0.364. The third-order valence-corrected chi connectivity index (χ3v) is 5.45. The Balaban J connectivity index is 0.00000225. The van der Waals surface area contributed by atoms with Gasteiger partial charge in [-0.25, -0.2) is 4.98 Å². The predicted octanol–water partition coefficient (Wildman–Crippen LogP) is 4.38. The molecule has 1 amide bonds. The topological polar surface area (TPSA) is 59.0 Å². The van der Waals surface area contributed by atoms with Gasteiger partial charge >= 0.3 is 0 Å². The summed E-state index contributed by atoms with van der Waals surface area (Å²) in [5.41, 5.74) is 3.99. The molecular weight excluding hydrogens is 372 g/mol. The zero-order valence-electron chi connectivity index (χ0n) is 16.1. The third-order valence-electron chi connectivity index (χ3n) is 5.45. The lowest BCUT2D eigenvalue weighted by Gasteiger charge is -2.22. The number of aryl methyl sites for hydroxylation is 1. The fourth-order valence-corrected chi connectivity index (χ4v) is 3.84. The quantitative estimate of drug-likeness (QED) is 0.670. The van der Waals surface area contributed by atoms with E-state index < -0.39 is 0 Å². The lowest BCUT2D eigenvalue weighted by Crippen LogP contribution is -2.28. The van der Waals surface area contributed by atoms with Crippen LogP contribution in [0.3, 0.4) is 0 Å². The van der Waals surface area contributed by atoms with Crippen LogP contribution in [0.4, 0.5) is 5.69 Å². The van der Waals surface area contributed by atoms with Crippen molar-refractivity contribution in [2.45, 2.75) is 25.7 Å². The third kappa shape index (κ3) is 4.54. The Morgan fingerprint density at radius 2 is 1.86 bits per heavy atom.